The molecule has 3 heterocycles. The molecule has 3 aromatic rings. The van der Waals surface area contributed by atoms with Crippen LogP contribution >= 0.6 is 11.3 Å². The van der Waals surface area contributed by atoms with Crippen LogP contribution in [-0.2, 0) is 22.5 Å². The lowest BCUT2D eigenvalue weighted by molar-refractivity contribution is -0.121. The number of nitrogens with one attached hydrogen (secondary N) is 1. The second-order valence-corrected chi connectivity index (χ2v) is 8.47. The van der Waals surface area contributed by atoms with E-state index < -0.39 is 0 Å². The number of rotatable bonds is 7. The molecule has 4 rings (SSSR count). The highest BCUT2D eigenvalue weighted by atomic mass is 32.1. The van der Waals surface area contributed by atoms with Crippen LogP contribution in [-0.4, -0.2) is 41.7 Å². The van der Waals surface area contributed by atoms with Crippen molar-refractivity contribution in [3.8, 4) is 0 Å². The van der Waals surface area contributed by atoms with Gasteiger partial charge < -0.3 is 15.0 Å². The number of fused-ring (bicyclic) bond motifs is 1. The molecule has 2 aromatic heterocycles. The summed E-state index contributed by atoms with van der Waals surface area (Å²) in [5, 5.41) is 4.08. The van der Waals surface area contributed by atoms with E-state index in [-0.39, 0.29) is 12.0 Å². The Hall–Kier alpha value is -2.51. The van der Waals surface area contributed by atoms with Gasteiger partial charge in [-0.05, 0) is 43.5 Å². The number of carbonyl (C=O) groups is 1. The van der Waals surface area contributed by atoms with E-state index in [1.165, 1.54) is 4.70 Å². The zero-order valence-corrected chi connectivity index (χ0v) is 17.5. The van der Waals surface area contributed by atoms with Gasteiger partial charge in [-0.15, -0.1) is 11.3 Å². The molecule has 1 aromatic carbocycles. The maximum Gasteiger partial charge on any atom is 0.220 e. The summed E-state index contributed by atoms with van der Waals surface area (Å²) in [7, 11) is 0. The highest BCUT2D eigenvalue weighted by molar-refractivity contribution is 7.18. The Balaban J connectivity index is 1.20. The fourth-order valence-electron chi connectivity index (χ4n) is 3.45. The van der Waals surface area contributed by atoms with Crippen LogP contribution in [0.1, 0.15) is 30.3 Å². The molecular formula is C22H26N4O2S. The summed E-state index contributed by atoms with van der Waals surface area (Å²) in [4.78, 5) is 23.6. The smallest absolute Gasteiger partial charge is 0.220 e. The minimum atomic E-state index is 0.0668. The SMILES string of the molecule is CC1CN(c2ccc(CNC(=O)CCCc3nc4ccccc4s3)cn2)CCO1. The van der Waals surface area contributed by atoms with E-state index in [4.69, 9.17) is 4.74 Å². The second kappa shape index (κ2) is 9.33. The van der Waals surface area contributed by atoms with Gasteiger partial charge in [-0.3, -0.25) is 4.79 Å². The van der Waals surface area contributed by atoms with Crippen LogP contribution in [0.15, 0.2) is 42.6 Å². The van der Waals surface area contributed by atoms with Gasteiger partial charge in [0.2, 0.25) is 5.91 Å². The molecule has 29 heavy (non-hydrogen) atoms. The summed E-state index contributed by atoms with van der Waals surface area (Å²) < 4.78 is 6.78. The quantitative estimate of drug-likeness (QED) is 0.645. The highest BCUT2D eigenvalue weighted by Crippen LogP contribution is 2.22. The van der Waals surface area contributed by atoms with Gasteiger partial charge in [0.25, 0.3) is 0 Å². The van der Waals surface area contributed by atoms with Crippen molar-refractivity contribution in [3.05, 3.63) is 53.2 Å². The van der Waals surface area contributed by atoms with E-state index in [0.717, 1.165) is 54.4 Å². The molecule has 0 aliphatic carbocycles. The van der Waals surface area contributed by atoms with E-state index in [0.29, 0.717) is 13.0 Å². The zero-order valence-electron chi connectivity index (χ0n) is 16.6. The maximum absolute atomic E-state index is 12.2. The number of para-hydroxylation sites is 1. The number of aryl methyl sites for hydroxylation is 1. The number of aromatic nitrogens is 2. The lowest BCUT2D eigenvalue weighted by Crippen LogP contribution is -2.41. The molecule has 0 spiro atoms. The molecule has 1 atom stereocenters. The Kier molecular flexibility index (Phi) is 6.36. The topological polar surface area (TPSA) is 67.4 Å². The average Bonchev–Trinajstić information content (AvgIpc) is 3.15. The summed E-state index contributed by atoms with van der Waals surface area (Å²) in [6.07, 6.45) is 4.22. The maximum atomic E-state index is 12.2. The molecule has 0 saturated carbocycles. The summed E-state index contributed by atoms with van der Waals surface area (Å²) in [6, 6.07) is 12.2. The van der Waals surface area contributed by atoms with Gasteiger partial charge in [0.05, 0.1) is 27.9 Å². The third-order valence-corrected chi connectivity index (χ3v) is 6.09. The first-order chi connectivity index (χ1) is 14.2. The van der Waals surface area contributed by atoms with Crippen molar-refractivity contribution in [2.45, 2.75) is 38.8 Å². The van der Waals surface area contributed by atoms with Crippen molar-refractivity contribution < 1.29 is 9.53 Å². The van der Waals surface area contributed by atoms with E-state index in [9.17, 15) is 4.79 Å². The van der Waals surface area contributed by atoms with Crippen molar-refractivity contribution in [2.24, 2.45) is 0 Å². The molecule has 1 unspecified atom stereocenters. The van der Waals surface area contributed by atoms with E-state index in [1.807, 2.05) is 36.5 Å². The normalized spacial score (nSPS) is 16.9. The first kappa shape index (κ1) is 19.8. The average molecular weight is 411 g/mol. The van der Waals surface area contributed by atoms with Crippen molar-refractivity contribution in [1.29, 1.82) is 0 Å². The van der Waals surface area contributed by atoms with Gasteiger partial charge in [-0.1, -0.05) is 18.2 Å². The van der Waals surface area contributed by atoms with Crippen LogP contribution in [0.3, 0.4) is 0 Å². The first-order valence-corrected chi connectivity index (χ1v) is 10.9. The van der Waals surface area contributed by atoms with Crippen LogP contribution in [0.4, 0.5) is 5.82 Å². The summed E-state index contributed by atoms with van der Waals surface area (Å²) >= 11 is 1.71. The Morgan fingerprint density at radius 2 is 2.21 bits per heavy atom. The van der Waals surface area contributed by atoms with Crippen LogP contribution in [0.25, 0.3) is 10.2 Å². The molecule has 1 aliphatic heterocycles. The number of ether oxygens (including phenoxy) is 1. The van der Waals surface area contributed by atoms with Gasteiger partial charge in [0.15, 0.2) is 0 Å². The van der Waals surface area contributed by atoms with Gasteiger partial charge in [-0.25, -0.2) is 9.97 Å². The van der Waals surface area contributed by atoms with Crippen LogP contribution in [0.5, 0.6) is 0 Å². The third kappa shape index (κ3) is 5.31. The largest absolute Gasteiger partial charge is 0.375 e. The molecule has 152 valence electrons. The summed E-state index contributed by atoms with van der Waals surface area (Å²) in [5.41, 5.74) is 2.05. The molecule has 1 fully saturated rings. The van der Waals surface area contributed by atoms with Gasteiger partial charge in [0, 0.05) is 32.3 Å². The number of benzene rings is 1. The Morgan fingerprint density at radius 3 is 3.00 bits per heavy atom. The predicted octanol–water partition coefficient (Wildman–Crippen LogP) is 3.56. The minimum Gasteiger partial charge on any atom is -0.375 e. The molecule has 1 amide bonds. The third-order valence-electron chi connectivity index (χ3n) is 5.00. The Labute approximate surface area is 174 Å². The number of nitrogens with zero attached hydrogens (tertiary/aromatic N) is 3. The number of morpholine rings is 1. The van der Waals surface area contributed by atoms with E-state index >= 15 is 0 Å². The van der Waals surface area contributed by atoms with Crippen molar-refractivity contribution >= 4 is 33.3 Å². The molecule has 0 bridgehead atoms. The Morgan fingerprint density at radius 1 is 1.31 bits per heavy atom. The number of hydrogen-bond donors (Lipinski definition) is 1. The minimum absolute atomic E-state index is 0.0668. The Bertz CT molecular complexity index is 924. The number of pyridine rings is 1. The van der Waals surface area contributed by atoms with E-state index in [2.05, 4.69) is 33.2 Å². The standard InChI is InChI=1S/C22H26N4O2S/c1-16-15-26(11-12-28-16)20-10-9-17(13-23-20)14-24-21(27)7-4-8-22-25-18-5-2-3-6-19(18)29-22/h2-3,5-6,9-10,13,16H,4,7-8,11-12,14-15H2,1H3,(H,24,27). The molecule has 1 N–H and O–H groups in total. The molecular weight excluding hydrogens is 384 g/mol. The van der Waals surface area contributed by atoms with Crippen molar-refractivity contribution in [2.75, 3.05) is 24.6 Å². The monoisotopic (exact) mass is 410 g/mol. The summed E-state index contributed by atoms with van der Waals surface area (Å²) in [6.45, 7) is 5.04. The number of thiazole rings is 1. The fourth-order valence-corrected chi connectivity index (χ4v) is 4.46. The van der Waals surface area contributed by atoms with Crippen LogP contribution in [0.2, 0.25) is 0 Å². The van der Waals surface area contributed by atoms with Crippen LogP contribution < -0.4 is 10.2 Å². The number of anilines is 1. The molecule has 7 heteroatoms. The molecule has 6 nitrogen and oxygen atoms in total. The fraction of sp³-hybridized carbons (Fsp3) is 0.409. The number of carbonyl (C=O) groups excluding carboxylic acids is 1. The first-order valence-electron chi connectivity index (χ1n) is 10.1. The molecule has 1 aliphatic rings. The molecule has 1 saturated heterocycles. The number of hydrogen-bond acceptors (Lipinski definition) is 6. The second-order valence-electron chi connectivity index (χ2n) is 7.36. The van der Waals surface area contributed by atoms with Crippen molar-refractivity contribution in [3.63, 3.8) is 0 Å². The predicted molar refractivity (Wildman–Crippen MR) is 116 cm³/mol. The lowest BCUT2D eigenvalue weighted by Gasteiger charge is -2.32. The van der Waals surface area contributed by atoms with E-state index in [1.54, 1.807) is 11.3 Å². The summed E-state index contributed by atoms with van der Waals surface area (Å²) in [5.74, 6) is 1.03. The van der Waals surface area contributed by atoms with Gasteiger partial charge >= 0.3 is 0 Å². The van der Waals surface area contributed by atoms with Gasteiger partial charge in [-0.2, -0.15) is 0 Å². The van der Waals surface area contributed by atoms with Crippen molar-refractivity contribution in [1.82, 2.24) is 15.3 Å². The molecule has 0 radical (unpaired) electrons. The lowest BCUT2D eigenvalue weighted by atomic mass is 10.2. The highest BCUT2D eigenvalue weighted by Gasteiger charge is 2.17. The zero-order chi connectivity index (χ0) is 20.1. The van der Waals surface area contributed by atoms with Crippen LogP contribution in [0, 0.1) is 0 Å². The number of amides is 1. The van der Waals surface area contributed by atoms with Gasteiger partial charge in [0.1, 0.15) is 5.82 Å².